The molecule has 7 heteroatoms. The second kappa shape index (κ2) is 11.7. The van der Waals surface area contributed by atoms with Crippen molar-refractivity contribution >= 4 is 22.4 Å². The lowest BCUT2D eigenvalue weighted by Crippen LogP contribution is -2.25. The molecule has 1 saturated carbocycles. The zero-order chi connectivity index (χ0) is 24.7. The first-order valence-electron chi connectivity index (χ1n) is 11.8. The molecule has 2 aromatic carbocycles. The first kappa shape index (κ1) is 25.3. The van der Waals surface area contributed by atoms with Crippen molar-refractivity contribution in [3.8, 4) is 22.5 Å². The SMILES string of the molecule is CC.CC.CS(=O)c1nc(-c2ccccc2)cn2c(-c3ccc(C(=O)NC4CC4)cc3)cnc12. The standard InChI is InChI=1S/C23H20N4O2S.2C2H6/c1-30(29)23-21-24-13-20(27(21)14-19(26-23)15-5-3-2-4-6-15)16-7-9-17(10-8-16)22(28)25-18-11-12-18;2*1-2/h2-10,13-14,18H,11-12H2,1H3,(H,25,28);2*1-2H3. The summed E-state index contributed by atoms with van der Waals surface area (Å²) in [7, 11) is -1.29. The van der Waals surface area contributed by atoms with E-state index in [0.29, 0.717) is 22.3 Å². The zero-order valence-electron chi connectivity index (χ0n) is 20.4. The largest absolute Gasteiger partial charge is 0.349 e. The molecular formula is C27H32N4O2S. The van der Waals surface area contributed by atoms with Crippen molar-refractivity contribution < 1.29 is 9.00 Å². The molecule has 4 aromatic rings. The molecule has 2 heterocycles. The van der Waals surface area contributed by atoms with Gasteiger partial charge in [0.1, 0.15) is 0 Å². The Hall–Kier alpha value is -3.32. The van der Waals surface area contributed by atoms with Crippen LogP contribution in [0.3, 0.4) is 0 Å². The highest BCUT2D eigenvalue weighted by Gasteiger charge is 2.23. The van der Waals surface area contributed by atoms with Crippen LogP contribution in [-0.2, 0) is 10.8 Å². The van der Waals surface area contributed by atoms with Crippen LogP contribution in [0.2, 0.25) is 0 Å². The van der Waals surface area contributed by atoms with Crippen molar-refractivity contribution in [3.63, 3.8) is 0 Å². The number of carbonyl (C=O) groups is 1. The van der Waals surface area contributed by atoms with Crippen LogP contribution in [0.4, 0.5) is 0 Å². The monoisotopic (exact) mass is 476 g/mol. The quantitative estimate of drug-likeness (QED) is 0.398. The van der Waals surface area contributed by atoms with Crippen LogP contribution in [0.25, 0.3) is 28.2 Å². The predicted molar refractivity (Wildman–Crippen MR) is 139 cm³/mol. The van der Waals surface area contributed by atoms with Crippen LogP contribution in [0, 0.1) is 0 Å². The van der Waals surface area contributed by atoms with Gasteiger partial charge in [0.25, 0.3) is 5.91 Å². The molecule has 1 N–H and O–H groups in total. The summed E-state index contributed by atoms with van der Waals surface area (Å²) >= 11 is 0. The first-order valence-corrected chi connectivity index (χ1v) is 13.3. The third-order valence-electron chi connectivity index (χ3n) is 5.16. The predicted octanol–water partition coefficient (Wildman–Crippen LogP) is 5.75. The fourth-order valence-electron chi connectivity index (χ4n) is 3.40. The maximum Gasteiger partial charge on any atom is 0.251 e. The van der Waals surface area contributed by atoms with Gasteiger partial charge in [-0.2, -0.15) is 0 Å². The van der Waals surface area contributed by atoms with Gasteiger partial charge in [0.15, 0.2) is 10.7 Å². The van der Waals surface area contributed by atoms with E-state index in [2.05, 4.69) is 15.3 Å². The van der Waals surface area contributed by atoms with E-state index in [1.165, 1.54) is 0 Å². The molecule has 1 fully saturated rings. The van der Waals surface area contributed by atoms with Crippen molar-refractivity contribution in [2.45, 2.75) is 51.6 Å². The molecule has 34 heavy (non-hydrogen) atoms. The molecule has 178 valence electrons. The Morgan fingerprint density at radius 2 is 1.62 bits per heavy atom. The summed E-state index contributed by atoms with van der Waals surface area (Å²) in [6.07, 6.45) is 7.40. The minimum absolute atomic E-state index is 0.0403. The fourth-order valence-corrected chi connectivity index (χ4v) is 4.04. The van der Waals surface area contributed by atoms with Gasteiger partial charge in [-0.15, -0.1) is 0 Å². The van der Waals surface area contributed by atoms with Crippen LogP contribution in [-0.4, -0.2) is 36.8 Å². The van der Waals surface area contributed by atoms with Crippen molar-refractivity contribution in [2.75, 3.05) is 6.26 Å². The smallest absolute Gasteiger partial charge is 0.251 e. The molecule has 0 saturated heterocycles. The Morgan fingerprint density at radius 3 is 2.21 bits per heavy atom. The van der Waals surface area contributed by atoms with E-state index in [4.69, 9.17) is 0 Å². The number of hydrogen-bond acceptors (Lipinski definition) is 4. The molecule has 0 radical (unpaired) electrons. The average Bonchev–Trinajstić information content (AvgIpc) is 3.61. The molecule has 5 rings (SSSR count). The van der Waals surface area contributed by atoms with E-state index in [-0.39, 0.29) is 5.91 Å². The number of fused-ring (bicyclic) bond motifs is 1. The number of aromatic nitrogens is 3. The molecule has 1 unspecified atom stereocenters. The van der Waals surface area contributed by atoms with Crippen LogP contribution in [0.15, 0.2) is 72.0 Å². The van der Waals surface area contributed by atoms with E-state index in [1.54, 1.807) is 12.5 Å². The van der Waals surface area contributed by atoms with Crippen LogP contribution in [0.5, 0.6) is 0 Å². The van der Waals surface area contributed by atoms with Gasteiger partial charge in [-0.3, -0.25) is 13.4 Å². The van der Waals surface area contributed by atoms with E-state index >= 15 is 0 Å². The summed E-state index contributed by atoms with van der Waals surface area (Å²) in [5.74, 6) is -0.0403. The highest BCUT2D eigenvalue weighted by Crippen LogP contribution is 2.27. The van der Waals surface area contributed by atoms with Gasteiger partial charge in [0.05, 0.1) is 28.4 Å². The summed E-state index contributed by atoms with van der Waals surface area (Å²) in [6, 6.07) is 17.6. The van der Waals surface area contributed by atoms with Gasteiger partial charge in [0.2, 0.25) is 0 Å². The molecule has 0 spiro atoms. The van der Waals surface area contributed by atoms with Gasteiger partial charge < -0.3 is 5.32 Å². The fraction of sp³-hybridized carbons (Fsp3) is 0.296. The maximum absolute atomic E-state index is 12.4. The molecule has 6 nitrogen and oxygen atoms in total. The molecule has 1 atom stereocenters. The van der Waals surface area contributed by atoms with Crippen molar-refractivity contribution in [1.29, 1.82) is 0 Å². The average molecular weight is 477 g/mol. The van der Waals surface area contributed by atoms with Crippen LogP contribution >= 0.6 is 0 Å². The molecular weight excluding hydrogens is 444 g/mol. The van der Waals surface area contributed by atoms with Gasteiger partial charge >= 0.3 is 0 Å². The number of benzene rings is 2. The van der Waals surface area contributed by atoms with Crippen molar-refractivity contribution in [1.82, 2.24) is 19.7 Å². The van der Waals surface area contributed by atoms with Gasteiger partial charge in [-0.1, -0.05) is 70.2 Å². The highest BCUT2D eigenvalue weighted by atomic mass is 32.2. The number of rotatable bonds is 5. The Morgan fingerprint density at radius 1 is 0.971 bits per heavy atom. The summed E-state index contributed by atoms with van der Waals surface area (Å²) in [5, 5.41) is 3.45. The lowest BCUT2D eigenvalue weighted by atomic mass is 10.1. The molecule has 1 aliphatic carbocycles. The zero-order valence-corrected chi connectivity index (χ0v) is 21.2. The van der Waals surface area contributed by atoms with E-state index in [0.717, 1.165) is 35.4 Å². The third-order valence-corrected chi connectivity index (χ3v) is 5.98. The summed E-state index contributed by atoms with van der Waals surface area (Å²) in [5.41, 5.74) is 4.65. The number of imidazole rings is 1. The molecule has 2 aromatic heterocycles. The van der Waals surface area contributed by atoms with Crippen molar-refractivity contribution in [2.24, 2.45) is 0 Å². The number of nitrogens with zero attached hydrogens (tertiary/aromatic N) is 3. The summed E-state index contributed by atoms with van der Waals surface area (Å²) < 4.78 is 14.3. The third kappa shape index (κ3) is 5.59. The van der Waals surface area contributed by atoms with E-state index in [9.17, 15) is 9.00 Å². The van der Waals surface area contributed by atoms with Crippen molar-refractivity contribution in [3.05, 3.63) is 72.6 Å². The number of nitrogens with one attached hydrogen (secondary N) is 1. The number of carbonyl (C=O) groups excluding carboxylic acids is 1. The first-order chi connectivity index (χ1) is 16.6. The minimum atomic E-state index is -1.29. The molecule has 1 aliphatic rings. The number of amides is 1. The Labute approximate surface area is 203 Å². The minimum Gasteiger partial charge on any atom is -0.349 e. The number of hydrogen-bond donors (Lipinski definition) is 1. The van der Waals surface area contributed by atoms with Crippen LogP contribution in [0.1, 0.15) is 50.9 Å². The summed E-state index contributed by atoms with van der Waals surface area (Å²) in [6.45, 7) is 8.00. The molecule has 0 aliphatic heterocycles. The Bertz CT molecular complexity index is 1260. The van der Waals surface area contributed by atoms with Gasteiger partial charge in [0, 0.05) is 35.2 Å². The van der Waals surface area contributed by atoms with E-state index in [1.807, 2.05) is 92.9 Å². The van der Waals surface area contributed by atoms with Gasteiger partial charge in [-0.05, 0) is 25.0 Å². The van der Waals surface area contributed by atoms with E-state index < -0.39 is 10.8 Å². The normalized spacial score (nSPS) is 13.2. The highest BCUT2D eigenvalue weighted by molar-refractivity contribution is 7.84. The second-order valence-corrected chi connectivity index (χ2v) is 8.71. The molecule has 0 bridgehead atoms. The Balaban J connectivity index is 0.000000771. The lowest BCUT2D eigenvalue weighted by molar-refractivity contribution is 0.0951. The van der Waals surface area contributed by atoms with Crippen LogP contribution < -0.4 is 5.32 Å². The van der Waals surface area contributed by atoms with Gasteiger partial charge in [-0.25, -0.2) is 9.97 Å². The second-order valence-electron chi connectivity index (χ2n) is 7.41. The maximum atomic E-state index is 12.4. The topological polar surface area (TPSA) is 76.4 Å². The summed E-state index contributed by atoms with van der Waals surface area (Å²) in [4.78, 5) is 21.4. The lowest BCUT2D eigenvalue weighted by Gasteiger charge is -2.09. The Kier molecular flexibility index (Phi) is 8.71. The molecule has 1 amide bonds.